The molecule has 0 amide bonds. The molecule has 0 aliphatic rings. The first-order chi connectivity index (χ1) is 8.73. The Kier molecular flexibility index (Phi) is 5.50. The lowest BCUT2D eigenvalue weighted by Crippen LogP contribution is -2.32. The number of hydrogen-bond donors (Lipinski definition) is 1. The Morgan fingerprint density at radius 3 is 2.37 bits per heavy atom. The first-order valence-corrected chi connectivity index (χ1v) is 6.86. The van der Waals surface area contributed by atoms with Gasteiger partial charge in [-0.2, -0.15) is 0 Å². The number of halogens is 1. The molecule has 1 rings (SSSR count). The van der Waals surface area contributed by atoms with Crippen molar-refractivity contribution in [3.05, 3.63) is 35.6 Å². The van der Waals surface area contributed by atoms with Crippen molar-refractivity contribution in [2.45, 2.75) is 46.3 Å². The molecule has 3 heteroatoms. The van der Waals surface area contributed by atoms with Crippen LogP contribution in [0.25, 0.3) is 0 Å². The number of aliphatic hydroxyl groups is 1. The van der Waals surface area contributed by atoms with Crippen molar-refractivity contribution in [1.29, 1.82) is 0 Å². The van der Waals surface area contributed by atoms with Crippen LogP contribution in [0, 0.1) is 11.2 Å². The van der Waals surface area contributed by atoms with Crippen LogP contribution < -0.4 is 0 Å². The largest absolute Gasteiger partial charge is 0.393 e. The number of aliphatic hydroxyl groups excluding tert-OH is 1. The minimum Gasteiger partial charge on any atom is -0.393 e. The minimum atomic E-state index is -0.345. The molecule has 19 heavy (non-hydrogen) atoms. The van der Waals surface area contributed by atoms with E-state index in [0.717, 1.165) is 6.54 Å². The average molecular weight is 267 g/mol. The van der Waals surface area contributed by atoms with Crippen molar-refractivity contribution in [2.24, 2.45) is 5.41 Å². The molecule has 1 N–H and O–H groups in total. The van der Waals surface area contributed by atoms with Crippen molar-refractivity contribution in [2.75, 3.05) is 13.6 Å². The van der Waals surface area contributed by atoms with Gasteiger partial charge in [0.2, 0.25) is 0 Å². The molecule has 0 radical (unpaired) electrons. The van der Waals surface area contributed by atoms with Gasteiger partial charge in [-0.05, 0) is 31.9 Å². The molecule has 0 heterocycles. The van der Waals surface area contributed by atoms with Gasteiger partial charge in [0.1, 0.15) is 5.82 Å². The average Bonchev–Trinajstić information content (AvgIpc) is 2.34. The standard InChI is InChI=1S/C16H26FNO/c1-12(13-8-6-7-9-14(13)17)18(5)11-10-15(19)16(2,3)4/h6-9,12,15,19H,10-11H2,1-5H3. The summed E-state index contributed by atoms with van der Waals surface area (Å²) < 4.78 is 13.7. The van der Waals surface area contributed by atoms with Gasteiger partial charge in [-0.1, -0.05) is 39.0 Å². The zero-order valence-corrected chi connectivity index (χ0v) is 12.7. The number of hydrogen-bond acceptors (Lipinski definition) is 2. The Morgan fingerprint density at radius 1 is 1.26 bits per heavy atom. The van der Waals surface area contributed by atoms with Crippen LogP contribution in [-0.4, -0.2) is 29.7 Å². The summed E-state index contributed by atoms with van der Waals surface area (Å²) in [7, 11) is 1.96. The quantitative estimate of drug-likeness (QED) is 0.881. The summed E-state index contributed by atoms with van der Waals surface area (Å²) in [6.07, 6.45) is 0.349. The van der Waals surface area contributed by atoms with Gasteiger partial charge < -0.3 is 5.11 Å². The lowest BCUT2D eigenvalue weighted by molar-refractivity contribution is 0.0446. The summed E-state index contributed by atoms with van der Waals surface area (Å²) in [5.41, 5.74) is 0.595. The topological polar surface area (TPSA) is 23.5 Å². The summed E-state index contributed by atoms with van der Waals surface area (Å²) in [6, 6.07) is 6.87. The fourth-order valence-electron chi connectivity index (χ4n) is 2.00. The van der Waals surface area contributed by atoms with Crippen molar-refractivity contribution < 1.29 is 9.50 Å². The van der Waals surface area contributed by atoms with E-state index in [0.29, 0.717) is 12.0 Å². The molecule has 1 aromatic rings. The fourth-order valence-corrected chi connectivity index (χ4v) is 2.00. The van der Waals surface area contributed by atoms with E-state index in [-0.39, 0.29) is 23.4 Å². The highest BCUT2D eigenvalue weighted by Gasteiger charge is 2.23. The highest BCUT2D eigenvalue weighted by Crippen LogP contribution is 2.25. The smallest absolute Gasteiger partial charge is 0.127 e. The third kappa shape index (κ3) is 4.59. The molecule has 2 unspecified atom stereocenters. The SMILES string of the molecule is CC(c1ccccc1F)N(C)CCC(O)C(C)(C)C. The number of benzene rings is 1. The van der Waals surface area contributed by atoms with E-state index in [1.165, 1.54) is 6.07 Å². The summed E-state index contributed by atoms with van der Waals surface area (Å²) in [5.74, 6) is -0.168. The van der Waals surface area contributed by atoms with Crippen LogP contribution in [0.2, 0.25) is 0 Å². The van der Waals surface area contributed by atoms with Gasteiger partial charge >= 0.3 is 0 Å². The van der Waals surface area contributed by atoms with Crippen molar-refractivity contribution in [1.82, 2.24) is 4.90 Å². The molecule has 0 bridgehead atoms. The Morgan fingerprint density at radius 2 is 1.84 bits per heavy atom. The molecule has 0 fully saturated rings. The molecule has 0 aliphatic heterocycles. The number of nitrogens with zero attached hydrogens (tertiary/aromatic N) is 1. The van der Waals surface area contributed by atoms with Gasteiger partial charge in [0.05, 0.1) is 6.10 Å². The van der Waals surface area contributed by atoms with Crippen LogP contribution in [0.5, 0.6) is 0 Å². The molecule has 0 saturated carbocycles. The lowest BCUT2D eigenvalue weighted by Gasteiger charge is -2.30. The molecule has 0 spiro atoms. The molecule has 108 valence electrons. The Bertz CT molecular complexity index is 400. The normalized spacial score (nSPS) is 15.6. The van der Waals surface area contributed by atoms with E-state index in [9.17, 15) is 9.50 Å². The van der Waals surface area contributed by atoms with E-state index < -0.39 is 0 Å². The maximum absolute atomic E-state index is 13.7. The van der Waals surface area contributed by atoms with Gasteiger partial charge in [0, 0.05) is 18.2 Å². The van der Waals surface area contributed by atoms with Gasteiger partial charge in [0.15, 0.2) is 0 Å². The van der Waals surface area contributed by atoms with Crippen LogP contribution in [0.4, 0.5) is 4.39 Å². The van der Waals surface area contributed by atoms with E-state index in [4.69, 9.17) is 0 Å². The molecule has 0 aliphatic carbocycles. The lowest BCUT2D eigenvalue weighted by atomic mass is 9.87. The van der Waals surface area contributed by atoms with E-state index in [1.807, 2.05) is 46.9 Å². The van der Waals surface area contributed by atoms with Crippen LogP contribution in [0.15, 0.2) is 24.3 Å². The Balaban J connectivity index is 2.59. The molecule has 1 aromatic carbocycles. The van der Waals surface area contributed by atoms with Crippen molar-refractivity contribution in [3.63, 3.8) is 0 Å². The van der Waals surface area contributed by atoms with Gasteiger partial charge in [-0.15, -0.1) is 0 Å². The second kappa shape index (κ2) is 6.49. The van der Waals surface area contributed by atoms with Gasteiger partial charge in [0.25, 0.3) is 0 Å². The molecular weight excluding hydrogens is 241 g/mol. The predicted molar refractivity (Wildman–Crippen MR) is 77.5 cm³/mol. The zero-order chi connectivity index (χ0) is 14.6. The molecule has 0 aromatic heterocycles. The first kappa shape index (κ1) is 16.1. The molecular formula is C16H26FNO. The summed E-state index contributed by atoms with van der Waals surface area (Å²) in [6.45, 7) is 8.81. The Labute approximate surface area is 116 Å². The second-order valence-electron chi connectivity index (χ2n) is 6.35. The summed E-state index contributed by atoms with van der Waals surface area (Å²) >= 11 is 0. The summed E-state index contributed by atoms with van der Waals surface area (Å²) in [5, 5.41) is 10.0. The third-order valence-corrected chi connectivity index (χ3v) is 3.77. The third-order valence-electron chi connectivity index (χ3n) is 3.77. The zero-order valence-electron chi connectivity index (χ0n) is 12.7. The van der Waals surface area contributed by atoms with Crippen LogP contribution >= 0.6 is 0 Å². The van der Waals surface area contributed by atoms with Crippen LogP contribution in [0.1, 0.15) is 45.7 Å². The molecule has 2 atom stereocenters. The minimum absolute atomic E-state index is 0.00775. The van der Waals surface area contributed by atoms with Crippen molar-refractivity contribution in [3.8, 4) is 0 Å². The number of rotatable bonds is 5. The van der Waals surface area contributed by atoms with Crippen molar-refractivity contribution >= 4 is 0 Å². The maximum atomic E-state index is 13.7. The first-order valence-electron chi connectivity index (χ1n) is 6.86. The van der Waals surface area contributed by atoms with E-state index in [1.54, 1.807) is 6.07 Å². The van der Waals surface area contributed by atoms with Gasteiger partial charge in [-0.3, -0.25) is 4.90 Å². The van der Waals surface area contributed by atoms with Crippen LogP contribution in [0.3, 0.4) is 0 Å². The summed E-state index contributed by atoms with van der Waals surface area (Å²) in [4.78, 5) is 2.08. The fraction of sp³-hybridized carbons (Fsp3) is 0.625. The molecule has 0 saturated heterocycles. The van der Waals surface area contributed by atoms with Crippen LogP contribution in [-0.2, 0) is 0 Å². The predicted octanol–water partition coefficient (Wildman–Crippen LogP) is 3.62. The Hall–Kier alpha value is -0.930. The van der Waals surface area contributed by atoms with E-state index >= 15 is 0 Å². The second-order valence-corrected chi connectivity index (χ2v) is 6.35. The highest BCUT2D eigenvalue weighted by atomic mass is 19.1. The van der Waals surface area contributed by atoms with E-state index in [2.05, 4.69) is 4.90 Å². The monoisotopic (exact) mass is 267 g/mol. The van der Waals surface area contributed by atoms with Gasteiger partial charge in [-0.25, -0.2) is 4.39 Å². The maximum Gasteiger partial charge on any atom is 0.127 e. The molecule has 2 nitrogen and oxygen atoms in total. The highest BCUT2D eigenvalue weighted by molar-refractivity contribution is 5.20.